The average Bonchev–Trinajstić information content (AvgIpc) is 2.36. The molecule has 2 rings (SSSR count). The molecule has 2 heteroatoms. The van der Waals surface area contributed by atoms with Gasteiger partial charge >= 0.3 is 0 Å². The Bertz CT molecular complexity index is 439. The fourth-order valence-electron chi connectivity index (χ4n) is 3.16. The largest absolute Gasteiger partial charge is 0.396 e. The van der Waals surface area contributed by atoms with E-state index in [4.69, 9.17) is 0 Å². The van der Waals surface area contributed by atoms with Gasteiger partial charge in [0.25, 0.3) is 0 Å². The van der Waals surface area contributed by atoms with E-state index >= 15 is 0 Å². The highest BCUT2D eigenvalue weighted by molar-refractivity contribution is 5.58. The zero-order valence-corrected chi connectivity index (χ0v) is 12.7. The highest BCUT2D eigenvalue weighted by Gasteiger charge is 2.34. The van der Waals surface area contributed by atoms with Crippen LogP contribution < -0.4 is 4.90 Å². The van der Waals surface area contributed by atoms with Gasteiger partial charge in [-0.05, 0) is 70.1 Å². The van der Waals surface area contributed by atoms with Gasteiger partial charge in [-0.25, -0.2) is 0 Å². The number of anilines is 1. The first-order valence-corrected chi connectivity index (χ1v) is 7.40. The van der Waals surface area contributed by atoms with Gasteiger partial charge in [-0.3, -0.25) is 0 Å². The van der Waals surface area contributed by atoms with Crippen molar-refractivity contribution in [1.82, 2.24) is 0 Å². The van der Waals surface area contributed by atoms with Crippen LogP contribution in [0.15, 0.2) is 18.2 Å². The van der Waals surface area contributed by atoms with Crippen molar-refractivity contribution in [3.8, 4) is 0 Å². The molecule has 1 N–H and O–H groups in total. The molecular formula is C17H27NO. The predicted octanol–water partition coefficient (Wildman–Crippen LogP) is 3.68. The summed E-state index contributed by atoms with van der Waals surface area (Å²) in [5.41, 5.74) is 4.33. The van der Waals surface area contributed by atoms with E-state index in [0.29, 0.717) is 12.5 Å². The number of hydrogen-bond acceptors (Lipinski definition) is 2. The van der Waals surface area contributed by atoms with E-state index in [1.54, 1.807) is 0 Å². The first kappa shape index (κ1) is 14.4. The third-order valence-electron chi connectivity index (χ3n) is 4.74. The van der Waals surface area contributed by atoms with Crippen molar-refractivity contribution in [2.45, 2.75) is 52.5 Å². The van der Waals surface area contributed by atoms with Gasteiger partial charge in [0.1, 0.15) is 0 Å². The number of hydrogen-bond donors (Lipinski definition) is 1. The first-order valence-electron chi connectivity index (χ1n) is 7.40. The lowest BCUT2D eigenvalue weighted by molar-refractivity contribution is 0.217. The van der Waals surface area contributed by atoms with Crippen molar-refractivity contribution < 1.29 is 5.11 Å². The monoisotopic (exact) mass is 261 g/mol. The Balaban J connectivity index is 2.30. The normalized spacial score (nSPS) is 22.6. The summed E-state index contributed by atoms with van der Waals surface area (Å²) in [6, 6.07) is 6.58. The van der Waals surface area contributed by atoms with Crippen LogP contribution in [0.3, 0.4) is 0 Å². The zero-order valence-electron chi connectivity index (χ0n) is 12.7. The van der Waals surface area contributed by atoms with Gasteiger partial charge in [0.15, 0.2) is 0 Å². The Morgan fingerprint density at radius 2 is 2.05 bits per heavy atom. The predicted molar refractivity (Wildman–Crippen MR) is 81.8 cm³/mol. The van der Waals surface area contributed by atoms with Gasteiger partial charge < -0.3 is 10.0 Å². The summed E-state index contributed by atoms with van der Waals surface area (Å²) in [6.45, 7) is 10.5. The lowest BCUT2D eigenvalue weighted by atomic mass is 9.82. The molecule has 0 aromatic heterocycles. The Hall–Kier alpha value is -1.02. The summed E-state index contributed by atoms with van der Waals surface area (Å²) in [5.74, 6) is 0.623. The summed E-state index contributed by atoms with van der Waals surface area (Å²) in [5, 5.41) is 9.19. The number of aliphatic hydroxyl groups excluding tert-OH is 1. The molecule has 0 aliphatic carbocycles. The molecule has 1 unspecified atom stereocenters. The molecule has 1 saturated heterocycles. The fraction of sp³-hybridized carbons (Fsp3) is 0.647. The van der Waals surface area contributed by atoms with Gasteiger partial charge in [-0.15, -0.1) is 0 Å². The smallest absolute Gasteiger partial charge is 0.0434 e. The van der Waals surface area contributed by atoms with Crippen molar-refractivity contribution in [2.75, 3.05) is 18.1 Å². The zero-order chi connectivity index (χ0) is 14.0. The molecule has 1 aromatic rings. The van der Waals surface area contributed by atoms with E-state index in [1.165, 1.54) is 29.7 Å². The van der Waals surface area contributed by atoms with Crippen molar-refractivity contribution in [2.24, 2.45) is 5.92 Å². The summed E-state index contributed by atoms with van der Waals surface area (Å²) in [6.07, 6.45) is 3.36. The van der Waals surface area contributed by atoms with Gasteiger partial charge in [0.05, 0.1) is 0 Å². The SMILES string of the molecule is Cc1cccc(N2CC(CCO)CCC2(C)C)c1C. The van der Waals surface area contributed by atoms with Crippen molar-refractivity contribution in [3.63, 3.8) is 0 Å². The molecule has 106 valence electrons. The number of aryl methyl sites for hydroxylation is 1. The molecule has 1 aromatic carbocycles. The van der Waals surface area contributed by atoms with Crippen LogP contribution in [0.5, 0.6) is 0 Å². The van der Waals surface area contributed by atoms with Crippen LogP contribution >= 0.6 is 0 Å². The fourth-order valence-corrected chi connectivity index (χ4v) is 3.16. The van der Waals surface area contributed by atoms with E-state index in [9.17, 15) is 5.11 Å². The molecule has 1 aliphatic heterocycles. The molecule has 0 bridgehead atoms. The van der Waals surface area contributed by atoms with Crippen LogP contribution in [0, 0.1) is 19.8 Å². The van der Waals surface area contributed by atoms with Crippen LogP contribution in [0.25, 0.3) is 0 Å². The molecule has 1 atom stereocenters. The van der Waals surface area contributed by atoms with Crippen LogP contribution in [-0.2, 0) is 0 Å². The van der Waals surface area contributed by atoms with E-state index in [1.807, 2.05) is 0 Å². The van der Waals surface area contributed by atoms with E-state index in [-0.39, 0.29) is 5.54 Å². The van der Waals surface area contributed by atoms with Crippen LogP contribution in [0.1, 0.15) is 44.2 Å². The number of rotatable bonds is 3. The van der Waals surface area contributed by atoms with Gasteiger partial charge in [0.2, 0.25) is 0 Å². The lowest BCUT2D eigenvalue weighted by Gasteiger charge is -2.48. The van der Waals surface area contributed by atoms with Crippen molar-refractivity contribution in [3.05, 3.63) is 29.3 Å². The minimum Gasteiger partial charge on any atom is -0.396 e. The molecule has 0 amide bonds. The second kappa shape index (κ2) is 5.54. The second-order valence-electron chi connectivity index (χ2n) is 6.56. The maximum atomic E-state index is 9.19. The molecule has 0 spiro atoms. The topological polar surface area (TPSA) is 23.5 Å². The van der Waals surface area contributed by atoms with E-state index < -0.39 is 0 Å². The molecule has 19 heavy (non-hydrogen) atoms. The summed E-state index contributed by atoms with van der Waals surface area (Å²) in [7, 11) is 0. The third kappa shape index (κ3) is 2.94. The number of benzene rings is 1. The quantitative estimate of drug-likeness (QED) is 0.897. The summed E-state index contributed by atoms with van der Waals surface area (Å²) < 4.78 is 0. The van der Waals surface area contributed by atoms with E-state index in [2.05, 4.69) is 50.8 Å². The van der Waals surface area contributed by atoms with Crippen LogP contribution in [0.2, 0.25) is 0 Å². The van der Waals surface area contributed by atoms with Crippen molar-refractivity contribution in [1.29, 1.82) is 0 Å². The Labute approximate surface area is 117 Å². The van der Waals surface area contributed by atoms with Crippen LogP contribution in [-0.4, -0.2) is 23.8 Å². The Morgan fingerprint density at radius 1 is 1.32 bits per heavy atom. The first-order chi connectivity index (χ1) is 8.95. The molecule has 1 fully saturated rings. The standard InChI is InChI=1S/C17H27NO/c1-13-6-5-7-16(14(13)2)18-12-15(9-11-19)8-10-17(18,3)4/h5-7,15,19H,8-12H2,1-4H3. The molecule has 1 aliphatic rings. The van der Waals surface area contributed by atoms with Gasteiger partial charge in [0, 0.05) is 24.4 Å². The lowest BCUT2D eigenvalue weighted by Crippen LogP contribution is -2.51. The van der Waals surface area contributed by atoms with Gasteiger partial charge in [-0.1, -0.05) is 12.1 Å². The molecular weight excluding hydrogens is 234 g/mol. The summed E-state index contributed by atoms with van der Waals surface area (Å²) >= 11 is 0. The molecule has 0 saturated carbocycles. The van der Waals surface area contributed by atoms with Crippen molar-refractivity contribution >= 4 is 5.69 Å². The Morgan fingerprint density at radius 3 is 2.74 bits per heavy atom. The average molecular weight is 261 g/mol. The maximum absolute atomic E-state index is 9.19. The minimum absolute atomic E-state index is 0.213. The number of nitrogens with zero attached hydrogens (tertiary/aromatic N) is 1. The summed E-state index contributed by atoms with van der Waals surface area (Å²) in [4.78, 5) is 2.55. The van der Waals surface area contributed by atoms with Crippen LogP contribution in [0.4, 0.5) is 5.69 Å². The second-order valence-corrected chi connectivity index (χ2v) is 6.56. The third-order valence-corrected chi connectivity index (χ3v) is 4.74. The highest BCUT2D eigenvalue weighted by Crippen LogP contribution is 2.37. The van der Waals surface area contributed by atoms with E-state index in [0.717, 1.165) is 13.0 Å². The molecule has 1 heterocycles. The number of aliphatic hydroxyl groups is 1. The number of piperidine rings is 1. The molecule has 2 nitrogen and oxygen atoms in total. The van der Waals surface area contributed by atoms with Gasteiger partial charge in [-0.2, -0.15) is 0 Å². The minimum atomic E-state index is 0.213. The Kier molecular flexibility index (Phi) is 4.19. The highest BCUT2D eigenvalue weighted by atomic mass is 16.3. The molecule has 0 radical (unpaired) electrons. The maximum Gasteiger partial charge on any atom is 0.0434 e.